The van der Waals surface area contributed by atoms with Crippen LogP contribution in [0.1, 0.15) is 12.5 Å². The topological polar surface area (TPSA) is 32.6 Å². The van der Waals surface area contributed by atoms with E-state index in [0.29, 0.717) is 0 Å². The van der Waals surface area contributed by atoms with Gasteiger partial charge >= 0.3 is 0 Å². The van der Waals surface area contributed by atoms with Crippen molar-refractivity contribution in [3.8, 4) is 0 Å². The minimum atomic E-state index is 0.880. The van der Waals surface area contributed by atoms with Crippen LogP contribution in [0, 0.1) is 0 Å². The van der Waals surface area contributed by atoms with Crippen LogP contribution in [0.5, 0.6) is 0 Å². The van der Waals surface area contributed by atoms with Crippen LogP contribution in [0.15, 0.2) is 30.6 Å². The van der Waals surface area contributed by atoms with Gasteiger partial charge < -0.3 is 10.2 Å². The molecule has 0 amide bonds. The molecular formula is C13H20N4. The molecule has 1 N–H and O–H groups in total. The lowest BCUT2D eigenvalue weighted by molar-refractivity contribution is 0.349. The third-order valence-corrected chi connectivity index (χ3v) is 3.03. The fourth-order valence-corrected chi connectivity index (χ4v) is 1.77. The van der Waals surface area contributed by atoms with Crippen molar-refractivity contribution in [3.05, 3.63) is 36.2 Å². The average molecular weight is 232 g/mol. The number of hydrogen-bond donors (Lipinski definition) is 1. The van der Waals surface area contributed by atoms with Crippen molar-refractivity contribution in [3.63, 3.8) is 0 Å². The van der Waals surface area contributed by atoms with Crippen molar-refractivity contribution < 1.29 is 0 Å². The number of pyridine rings is 1. The zero-order chi connectivity index (χ0) is 12.1. The molecular weight excluding hydrogens is 212 g/mol. The monoisotopic (exact) mass is 232 g/mol. The van der Waals surface area contributed by atoms with Crippen LogP contribution in [0.4, 0.5) is 0 Å². The van der Waals surface area contributed by atoms with Crippen molar-refractivity contribution in [2.75, 3.05) is 26.7 Å². The average Bonchev–Trinajstić information content (AvgIpc) is 2.78. The van der Waals surface area contributed by atoms with E-state index in [9.17, 15) is 0 Å². The molecule has 0 saturated carbocycles. The first-order valence-corrected chi connectivity index (χ1v) is 6.11. The third kappa shape index (κ3) is 3.05. The maximum atomic E-state index is 4.31. The minimum Gasteiger partial charge on any atom is -0.311 e. The van der Waals surface area contributed by atoms with Gasteiger partial charge in [-0.1, -0.05) is 13.0 Å². The zero-order valence-corrected chi connectivity index (χ0v) is 10.6. The summed E-state index contributed by atoms with van der Waals surface area (Å²) in [5, 5.41) is 7.77. The lowest BCUT2D eigenvalue weighted by Crippen LogP contribution is -2.28. The predicted molar refractivity (Wildman–Crippen MR) is 70.1 cm³/mol. The Labute approximate surface area is 102 Å². The van der Waals surface area contributed by atoms with Crippen LogP contribution in [0.25, 0.3) is 5.52 Å². The van der Waals surface area contributed by atoms with Crippen LogP contribution >= 0.6 is 0 Å². The molecule has 0 aliphatic heterocycles. The smallest absolute Gasteiger partial charge is 0.0706 e. The van der Waals surface area contributed by atoms with Crippen molar-refractivity contribution in [1.29, 1.82) is 0 Å². The number of likely N-dealkylation sites (N-methyl/N-ethyl adjacent to an activating group) is 1. The van der Waals surface area contributed by atoms with Crippen molar-refractivity contribution in [1.82, 2.24) is 19.8 Å². The molecule has 0 saturated heterocycles. The van der Waals surface area contributed by atoms with Crippen LogP contribution < -0.4 is 5.32 Å². The van der Waals surface area contributed by atoms with E-state index in [1.165, 1.54) is 11.1 Å². The number of nitrogens with zero attached hydrogens (tertiary/aromatic N) is 3. The highest BCUT2D eigenvalue weighted by molar-refractivity contribution is 5.53. The van der Waals surface area contributed by atoms with Gasteiger partial charge in [-0.3, -0.25) is 0 Å². The van der Waals surface area contributed by atoms with Crippen LogP contribution in [0.2, 0.25) is 0 Å². The Morgan fingerprint density at radius 2 is 2.29 bits per heavy atom. The number of fused-ring (bicyclic) bond motifs is 1. The summed E-state index contributed by atoms with van der Waals surface area (Å²) in [4.78, 5) is 2.29. The molecule has 2 aromatic heterocycles. The molecule has 0 atom stereocenters. The quantitative estimate of drug-likeness (QED) is 0.764. The number of nitrogens with one attached hydrogen (secondary N) is 1. The van der Waals surface area contributed by atoms with E-state index in [1.54, 1.807) is 0 Å². The number of rotatable bonds is 6. The first-order valence-electron chi connectivity index (χ1n) is 6.11. The summed E-state index contributed by atoms with van der Waals surface area (Å²) < 4.78 is 1.91. The second kappa shape index (κ2) is 5.80. The van der Waals surface area contributed by atoms with Gasteiger partial charge in [0.15, 0.2) is 0 Å². The first kappa shape index (κ1) is 12.1. The van der Waals surface area contributed by atoms with Crippen LogP contribution in [-0.2, 0) is 6.54 Å². The summed E-state index contributed by atoms with van der Waals surface area (Å²) in [6, 6.07) is 6.14. The van der Waals surface area contributed by atoms with E-state index >= 15 is 0 Å². The Morgan fingerprint density at radius 3 is 3.12 bits per heavy atom. The lowest BCUT2D eigenvalue weighted by atomic mass is 10.2. The molecule has 0 unspecified atom stereocenters. The van der Waals surface area contributed by atoms with Crippen molar-refractivity contribution in [2.45, 2.75) is 13.5 Å². The Hall–Kier alpha value is -1.39. The van der Waals surface area contributed by atoms with Gasteiger partial charge in [-0.25, -0.2) is 4.52 Å². The van der Waals surface area contributed by atoms with E-state index in [2.05, 4.69) is 35.4 Å². The maximum Gasteiger partial charge on any atom is 0.0706 e. The van der Waals surface area contributed by atoms with Gasteiger partial charge in [0.1, 0.15) is 0 Å². The van der Waals surface area contributed by atoms with Crippen molar-refractivity contribution >= 4 is 5.52 Å². The van der Waals surface area contributed by atoms with Gasteiger partial charge in [-0.05, 0) is 25.7 Å². The second-order valence-corrected chi connectivity index (χ2v) is 4.27. The molecule has 4 heteroatoms. The summed E-state index contributed by atoms with van der Waals surface area (Å²) in [7, 11) is 2.14. The Bertz CT molecular complexity index is 463. The van der Waals surface area contributed by atoms with Crippen molar-refractivity contribution in [2.24, 2.45) is 0 Å². The molecule has 0 bridgehead atoms. The molecule has 17 heavy (non-hydrogen) atoms. The highest BCUT2D eigenvalue weighted by atomic mass is 15.2. The molecule has 0 spiro atoms. The molecule has 2 heterocycles. The number of hydrogen-bond acceptors (Lipinski definition) is 3. The summed E-state index contributed by atoms with van der Waals surface area (Å²) >= 11 is 0. The second-order valence-electron chi connectivity index (χ2n) is 4.27. The van der Waals surface area contributed by atoms with Gasteiger partial charge in [0, 0.05) is 31.4 Å². The van der Waals surface area contributed by atoms with E-state index in [4.69, 9.17) is 0 Å². The van der Waals surface area contributed by atoms with Gasteiger partial charge in [0.05, 0.1) is 11.7 Å². The zero-order valence-electron chi connectivity index (χ0n) is 10.6. The molecule has 0 radical (unpaired) electrons. The van der Waals surface area contributed by atoms with E-state index < -0.39 is 0 Å². The van der Waals surface area contributed by atoms with E-state index in [-0.39, 0.29) is 0 Å². The van der Waals surface area contributed by atoms with E-state index in [1.807, 2.05) is 29.0 Å². The van der Waals surface area contributed by atoms with E-state index in [0.717, 1.165) is 26.2 Å². The lowest BCUT2D eigenvalue weighted by Gasteiger charge is -2.13. The highest BCUT2D eigenvalue weighted by Gasteiger charge is 2.02. The fraction of sp³-hybridized carbons (Fsp3) is 0.462. The summed E-state index contributed by atoms with van der Waals surface area (Å²) in [6.07, 6.45) is 3.91. The van der Waals surface area contributed by atoms with Gasteiger partial charge in [0.25, 0.3) is 0 Å². The summed E-state index contributed by atoms with van der Waals surface area (Å²) in [5.74, 6) is 0. The van der Waals surface area contributed by atoms with Crippen LogP contribution in [0.3, 0.4) is 0 Å². The Kier molecular flexibility index (Phi) is 4.12. The van der Waals surface area contributed by atoms with Crippen LogP contribution in [-0.4, -0.2) is 41.2 Å². The fourth-order valence-electron chi connectivity index (χ4n) is 1.77. The Morgan fingerprint density at radius 1 is 1.41 bits per heavy atom. The normalized spacial score (nSPS) is 11.5. The molecule has 4 nitrogen and oxygen atoms in total. The maximum absolute atomic E-state index is 4.31. The first-order chi connectivity index (χ1) is 8.31. The highest BCUT2D eigenvalue weighted by Crippen LogP contribution is 2.08. The molecule has 0 aliphatic rings. The molecule has 0 fully saturated rings. The standard InChI is InChI=1S/C13H20N4/c1-3-16(2)9-7-14-10-12-11-15-17-8-5-4-6-13(12)17/h4-6,8,11,14H,3,7,9-10H2,1-2H3. The number of aromatic nitrogens is 2. The minimum absolute atomic E-state index is 0.880. The molecule has 92 valence electrons. The Balaban J connectivity index is 1.87. The molecule has 2 aromatic rings. The molecule has 0 aliphatic carbocycles. The van der Waals surface area contributed by atoms with Gasteiger partial charge in [-0.2, -0.15) is 5.10 Å². The molecule has 0 aromatic carbocycles. The summed E-state index contributed by atoms with van der Waals surface area (Å²) in [6.45, 7) is 6.24. The predicted octanol–water partition coefficient (Wildman–Crippen LogP) is 1.38. The van der Waals surface area contributed by atoms with Gasteiger partial charge in [-0.15, -0.1) is 0 Å². The third-order valence-electron chi connectivity index (χ3n) is 3.03. The summed E-state index contributed by atoms with van der Waals surface area (Å²) in [5.41, 5.74) is 2.44. The molecule has 2 rings (SSSR count). The SMILES string of the molecule is CCN(C)CCNCc1cnn2ccccc12. The van der Waals surface area contributed by atoms with Gasteiger partial charge in [0.2, 0.25) is 0 Å². The largest absolute Gasteiger partial charge is 0.311 e.